The summed E-state index contributed by atoms with van der Waals surface area (Å²) in [5.74, 6) is -2.64. The summed E-state index contributed by atoms with van der Waals surface area (Å²) in [6.45, 7) is 0.981. The maximum absolute atomic E-state index is 12.3. The number of amides is 3. The molecule has 1 heterocycles. The zero-order chi connectivity index (χ0) is 16.7. The van der Waals surface area contributed by atoms with E-state index in [0.717, 1.165) is 23.3 Å². The Labute approximate surface area is 132 Å². The van der Waals surface area contributed by atoms with Gasteiger partial charge in [-0.2, -0.15) is 0 Å². The van der Waals surface area contributed by atoms with Crippen LogP contribution in [0, 0.1) is 6.92 Å². The highest BCUT2D eigenvalue weighted by atomic mass is 16.4. The Hall–Kier alpha value is -2.70. The van der Waals surface area contributed by atoms with Crippen LogP contribution in [0.3, 0.4) is 0 Å². The largest absolute Gasteiger partial charge is 0.480 e. The van der Waals surface area contributed by atoms with Crippen molar-refractivity contribution in [2.24, 2.45) is 0 Å². The fraction of sp³-hybridized carbons (Fsp3) is 0.375. The number of aryl methyl sites for hydroxylation is 1. The average molecular weight is 316 g/mol. The topological polar surface area (TPSA) is 95.0 Å². The maximum atomic E-state index is 12.3. The number of hydrogen-bond donors (Lipinski definition) is 1. The molecule has 1 N–H and O–H groups in total. The minimum Gasteiger partial charge on any atom is -0.480 e. The highest BCUT2D eigenvalue weighted by Gasteiger charge is 2.40. The van der Waals surface area contributed by atoms with Gasteiger partial charge in [-0.25, -0.2) is 0 Å². The van der Waals surface area contributed by atoms with Gasteiger partial charge in [-0.1, -0.05) is 11.6 Å². The van der Waals surface area contributed by atoms with Gasteiger partial charge in [0.2, 0.25) is 5.91 Å². The smallest absolute Gasteiger partial charge is 0.323 e. The summed E-state index contributed by atoms with van der Waals surface area (Å²) < 4.78 is 0. The van der Waals surface area contributed by atoms with Crippen LogP contribution in [-0.4, -0.2) is 57.7 Å². The summed E-state index contributed by atoms with van der Waals surface area (Å²) in [6, 6.07) is 4.83. The molecule has 120 valence electrons. The van der Waals surface area contributed by atoms with Crippen molar-refractivity contribution >= 4 is 23.7 Å². The zero-order valence-electron chi connectivity index (χ0n) is 12.6. The van der Waals surface area contributed by atoms with Gasteiger partial charge in [-0.05, 0) is 31.9 Å². The van der Waals surface area contributed by atoms with Crippen molar-refractivity contribution in [1.29, 1.82) is 0 Å². The molecule has 1 aliphatic carbocycles. The molecular weight excluding hydrogens is 300 g/mol. The van der Waals surface area contributed by atoms with E-state index in [4.69, 9.17) is 5.11 Å². The monoisotopic (exact) mass is 316 g/mol. The summed E-state index contributed by atoms with van der Waals surface area (Å²) >= 11 is 0. The number of imide groups is 1. The summed E-state index contributed by atoms with van der Waals surface area (Å²) in [4.78, 5) is 50.0. The van der Waals surface area contributed by atoms with E-state index in [2.05, 4.69) is 0 Å². The second-order valence-electron chi connectivity index (χ2n) is 5.89. The van der Waals surface area contributed by atoms with Crippen molar-refractivity contribution in [2.75, 3.05) is 13.1 Å². The van der Waals surface area contributed by atoms with Crippen molar-refractivity contribution in [2.45, 2.75) is 25.8 Å². The minimum absolute atomic E-state index is 0.101. The van der Waals surface area contributed by atoms with Crippen molar-refractivity contribution in [3.8, 4) is 0 Å². The SMILES string of the molecule is Cc1ccc2c(c1)C(=O)N(CC(=O)N(CC(=O)O)C1CC1)C2=O. The van der Waals surface area contributed by atoms with E-state index < -0.39 is 36.8 Å². The van der Waals surface area contributed by atoms with E-state index in [1.54, 1.807) is 18.2 Å². The quantitative estimate of drug-likeness (QED) is 0.806. The number of aliphatic carboxylic acids is 1. The lowest BCUT2D eigenvalue weighted by atomic mass is 10.1. The number of carbonyl (C=O) groups is 4. The molecule has 1 fully saturated rings. The molecule has 1 aromatic carbocycles. The van der Waals surface area contributed by atoms with Gasteiger partial charge in [0.1, 0.15) is 13.1 Å². The van der Waals surface area contributed by atoms with Crippen LogP contribution in [0.2, 0.25) is 0 Å². The highest BCUT2D eigenvalue weighted by molar-refractivity contribution is 6.22. The van der Waals surface area contributed by atoms with E-state index in [9.17, 15) is 19.2 Å². The molecule has 23 heavy (non-hydrogen) atoms. The van der Waals surface area contributed by atoms with Gasteiger partial charge in [-0.3, -0.25) is 24.1 Å². The molecule has 0 unspecified atom stereocenters. The first-order valence-corrected chi connectivity index (χ1v) is 7.36. The summed E-state index contributed by atoms with van der Waals surface area (Å²) in [5, 5.41) is 8.91. The molecule has 0 saturated heterocycles. The Balaban J connectivity index is 1.78. The van der Waals surface area contributed by atoms with Crippen LogP contribution >= 0.6 is 0 Å². The third-order valence-electron chi connectivity index (χ3n) is 4.03. The normalized spacial score (nSPS) is 16.5. The summed E-state index contributed by atoms with van der Waals surface area (Å²) in [6.07, 6.45) is 1.50. The van der Waals surface area contributed by atoms with Crippen LogP contribution in [-0.2, 0) is 9.59 Å². The lowest BCUT2D eigenvalue weighted by Gasteiger charge is -2.23. The van der Waals surface area contributed by atoms with Gasteiger partial charge < -0.3 is 10.0 Å². The van der Waals surface area contributed by atoms with Gasteiger partial charge in [-0.15, -0.1) is 0 Å². The second-order valence-corrected chi connectivity index (χ2v) is 5.89. The third kappa shape index (κ3) is 2.81. The number of carboxylic acid groups (broad SMARTS) is 1. The number of rotatable bonds is 5. The van der Waals surface area contributed by atoms with E-state index in [1.165, 1.54) is 4.90 Å². The Morgan fingerprint density at radius 3 is 2.48 bits per heavy atom. The second kappa shape index (κ2) is 5.49. The third-order valence-corrected chi connectivity index (χ3v) is 4.03. The number of fused-ring (bicyclic) bond motifs is 1. The molecule has 0 aromatic heterocycles. The van der Waals surface area contributed by atoms with Crippen molar-refractivity contribution in [3.63, 3.8) is 0 Å². The molecule has 0 radical (unpaired) electrons. The fourth-order valence-electron chi connectivity index (χ4n) is 2.73. The molecule has 7 heteroatoms. The molecular formula is C16H16N2O5. The first-order chi connectivity index (χ1) is 10.9. The maximum Gasteiger partial charge on any atom is 0.323 e. The van der Waals surface area contributed by atoms with E-state index in [0.29, 0.717) is 5.56 Å². The molecule has 0 atom stereocenters. The van der Waals surface area contributed by atoms with Crippen LogP contribution in [0.4, 0.5) is 0 Å². The molecule has 1 aliphatic heterocycles. The number of carboxylic acids is 1. The Kier molecular flexibility index (Phi) is 3.63. The van der Waals surface area contributed by atoms with Crippen LogP contribution in [0.5, 0.6) is 0 Å². The van der Waals surface area contributed by atoms with Crippen LogP contribution < -0.4 is 0 Å². The minimum atomic E-state index is -1.11. The number of benzene rings is 1. The lowest BCUT2D eigenvalue weighted by Crippen LogP contribution is -2.45. The Morgan fingerprint density at radius 1 is 1.22 bits per heavy atom. The number of hydrogen-bond acceptors (Lipinski definition) is 4. The standard InChI is InChI=1S/C16H16N2O5/c1-9-2-5-11-12(6-9)16(23)18(15(11)22)7-13(19)17(8-14(20)21)10-3-4-10/h2,5-6,10H,3-4,7-8H2,1H3,(H,20,21). The van der Waals surface area contributed by atoms with Gasteiger partial charge in [0, 0.05) is 6.04 Å². The van der Waals surface area contributed by atoms with Crippen LogP contribution in [0.25, 0.3) is 0 Å². The van der Waals surface area contributed by atoms with Gasteiger partial charge >= 0.3 is 5.97 Å². The average Bonchev–Trinajstić information content (AvgIpc) is 3.30. The van der Waals surface area contributed by atoms with Crippen LogP contribution in [0.1, 0.15) is 39.1 Å². The number of carbonyl (C=O) groups excluding carboxylic acids is 3. The Bertz CT molecular complexity index is 723. The molecule has 1 aromatic rings. The van der Waals surface area contributed by atoms with Crippen molar-refractivity contribution in [1.82, 2.24) is 9.80 Å². The first-order valence-electron chi connectivity index (χ1n) is 7.36. The highest BCUT2D eigenvalue weighted by Crippen LogP contribution is 2.28. The summed E-state index contributed by atoms with van der Waals surface area (Å²) in [5.41, 5.74) is 1.42. The van der Waals surface area contributed by atoms with Crippen molar-refractivity contribution < 1.29 is 24.3 Å². The van der Waals surface area contributed by atoms with Gasteiger partial charge in [0.25, 0.3) is 11.8 Å². The van der Waals surface area contributed by atoms with E-state index >= 15 is 0 Å². The fourth-order valence-corrected chi connectivity index (χ4v) is 2.73. The van der Waals surface area contributed by atoms with Crippen molar-refractivity contribution in [3.05, 3.63) is 34.9 Å². The molecule has 0 bridgehead atoms. The van der Waals surface area contributed by atoms with Gasteiger partial charge in [0.15, 0.2) is 0 Å². The predicted octanol–water partition coefficient (Wildman–Crippen LogP) is 0.667. The molecule has 1 saturated carbocycles. The van der Waals surface area contributed by atoms with Crippen LogP contribution in [0.15, 0.2) is 18.2 Å². The van der Waals surface area contributed by atoms with E-state index in [-0.39, 0.29) is 11.6 Å². The predicted molar refractivity (Wildman–Crippen MR) is 78.9 cm³/mol. The molecule has 3 amide bonds. The molecule has 3 rings (SSSR count). The molecule has 2 aliphatic rings. The van der Waals surface area contributed by atoms with Gasteiger partial charge in [0.05, 0.1) is 11.1 Å². The summed E-state index contributed by atoms with van der Waals surface area (Å²) in [7, 11) is 0. The first kappa shape index (κ1) is 15.2. The Morgan fingerprint density at radius 2 is 1.87 bits per heavy atom. The molecule has 0 spiro atoms. The lowest BCUT2D eigenvalue weighted by molar-refractivity contribution is -0.144. The number of nitrogens with zero attached hydrogens (tertiary/aromatic N) is 2. The zero-order valence-corrected chi connectivity index (χ0v) is 12.6. The molecule has 7 nitrogen and oxygen atoms in total. The van der Waals surface area contributed by atoms with E-state index in [1.807, 2.05) is 6.92 Å².